The lowest BCUT2D eigenvalue weighted by Gasteiger charge is -2.40. The lowest BCUT2D eigenvalue weighted by molar-refractivity contribution is -0.290. The summed E-state index contributed by atoms with van der Waals surface area (Å²) in [4.78, 5) is 0. The van der Waals surface area contributed by atoms with Gasteiger partial charge in [-0.3, -0.25) is 0 Å². The molecule has 0 aliphatic heterocycles. The zero-order chi connectivity index (χ0) is 24.2. The van der Waals surface area contributed by atoms with Crippen molar-refractivity contribution in [3.63, 3.8) is 0 Å². The lowest BCUT2D eigenvalue weighted by Crippen LogP contribution is -2.56. The Bertz CT molecular complexity index is 888. The van der Waals surface area contributed by atoms with E-state index in [1.807, 2.05) is 0 Å². The summed E-state index contributed by atoms with van der Waals surface area (Å²) in [5.74, 6) is 0. The molecule has 0 spiro atoms. The maximum Gasteiger partial charge on any atom is 0.416 e. The average molecular weight is 470 g/mol. The third-order valence-electron chi connectivity index (χ3n) is 4.36. The van der Waals surface area contributed by atoms with Crippen LogP contribution in [-0.4, -0.2) is 12.4 Å². The Labute approximate surface area is 165 Å². The van der Waals surface area contributed by atoms with E-state index in [1.165, 1.54) is 0 Å². The van der Waals surface area contributed by atoms with Gasteiger partial charge in [-0.15, -0.1) is 0 Å². The van der Waals surface area contributed by atoms with Crippen LogP contribution >= 0.6 is 0 Å². The molecule has 0 aliphatic carbocycles. The van der Waals surface area contributed by atoms with Gasteiger partial charge >= 0.3 is 24.7 Å². The third-order valence-corrected chi connectivity index (χ3v) is 4.36. The predicted octanol–water partition coefficient (Wildman–Crippen LogP) is 6.30. The van der Waals surface area contributed by atoms with Gasteiger partial charge in [-0.1, -0.05) is 0 Å². The van der Waals surface area contributed by atoms with E-state index in [0.29, 0.717) is 12.1 Å². The van der Waals surface area contributed by atoms with Crippen LogP contribution in [-0.2, 0) is 17.8 Å². The molecule has 2 aromatic carbocycles. The van der Waals surface area contributed by atoms with E-state index in [9.17, 15) is 52.7 Å². The van der Waals surface area contributed by atoms with Gasteiger partial charge in [0.05, 0.1) is 11.1 Å². The summed E-state index contributed by atoms with van der Waals surface area (Å²) in [6.45, 7) is 0. The monoisotopic (exact) mass is 470 g/mol. The molecule has 0 heterocycles. The molecule has 0 aliphatic rings. The minimum Gasteiger partial charge on any atom is -0.399 e. The molecule has 2 rings (SSSR count). The van der Waals surface area contributed by atoms with Crippen LogP contribution < -0.4 is 11.5 Å². The zero-order valence-corrected chi connectivity index (χ0v) is 14.7. The zero-order valence-electron chi connectivity index (χ0n) is 14.7. The highest BCUT2D eigenvalue weighted by molar-refractivity contribution is 5.59. The van der Waals surface area contributed by atoms with Gasteiger partial charge < -0.3 is 11.5 Å². The van der Waals surface area contributed by atoms with Gasteiger partial charge in [-0.2, -0.15) is 52.7 Å². The topological polar surface area (TPSA) is 52.0 Å². The van der Waals surface area contributed by atoms with Crippen molar-refractivity contribution in [3.8, 4) is 0 Å². The van der Waals surface area contributed by atoms with E-state index in [2.05, 4.69) is 0 Å². The number of anilines is 2. The molecule has 172 valence electrons. The summed E-state index contributed by atoms with van der Waals surface area (Å²) in [5.41, 5.74) is -7.49. The summed E-state index contributed by atoms with van der Waals surface area (Å²) in [7, 11) is 0. The molecular formula is C17H10F12N2. The lowest BCUT2D eigenvalue weighted by atomic mass is 9.69. The molecular weight excluding hydrogens is 460 g/mol. The molecule has 0 radical (unpaired) electrons. The molecule has 0 amide bonds. The van der Waals surface area contributed by atoms with E-state index in [1.54, 1.807) is 0 Å². The highest BCUT2D eigenvalue weighted by Crippen LogP contribution is 2.60. The van der Waals surface area contributed by atoms with Gasteiger partial charge in [0.2, 0.25) is 5.41 Å². The number of halogens is 12. The first-order chi connectivity index (χ1) is 13.7. The highest BCUT2D eigenvalue weighted by atomic mass is 19.4. The van der Waals surface area contributed by atoms with Crippen LogP contribution in [0, 0.1) is 0 Å². The second-order valence-corrected chi connectivity index (χ2v) is 6.35. The van der Waals surface area contributed by atoms with E-state index in [-0.39, 0.29) is 24.3 Å². The van der Waals surface area contributed by atoms with Crippen molar-refractivity contribution in [2.24, 2.45) is 0 Å². The quantitative estimate of drug-likeness (QED) is 0.400. The summed E-state index contributed by atoms with van der Waals surface area (Å²) in [5, 5.41) is 0. The molecule has 0 bridgehead atoms. The number of alkyl halides is 12. The first-order valence-electron chi connectivity index (χ1n) is 7.82. The normalized spacial score (nSPS) is 14.1. The van der Waals surface area contributed by atoms with E-state index in [4.69, 9.17) is 11.5 Å². The first-order valence-corrected chi connectivity index (χ1v) is 7.82. The molecule has 4 N–H and O–H groups in total. The maximum atomic E-state index is 14.1. The van der Waals surface area contributed by atoms with Crippen LogP contribution in [0.15, 0.2) is 36.4 Å². The van der Waals surface area contributed by atoms with Crippen molar-refractivity contribution in [3.05, 3.63) is 58.7 Å². The van der Waals surface area contributed by atoms with Crippen LogP contribution in [0.4, 0.5) is 64.1 Å². The molecule has 31 heavy (non-hydrogen) atoms. The standard InChI is InChI=1S/C17H10F12N2/c18-14(19,20)9-3-1-7(30)5-11(9)13(16(24,25)26,17(27,28)29)12-6-8(31)2-4-10(12)15(21,22)23/h1-6H,30-31H2. The number of hydrogen-bond donors (Lipinski definition) is 2. The summed E-state index contributed by atoms with van der Waals surface area (Å²) in [6.07, 6.45) is -25.1. The minimum atomic E-state index is -6.73. The van der Waals surface area contributed by atoms with Crippen molar-refractivity contribution >= 4 is 11.4 Å². The number of benzene rings is 2. The Morgan fingerprint density at radius 1 is 0.452 bits per heavy atom. The van der Waals surface area contributed by atoms with E-state index >= 15 is 0 Å². The molecule has 0 fully saturated rings. The van der Waals surface area contributed by atoms with Gasteiger partial charge in [-0.05, 0) is 47.5 Å². The van der Waals surface area contributed by atoms with Crippen LogP contribution in [0.5, 0.6) is 0 Å². The summed E-state index contributed by atoms with van der Waals surface area (Å²) in [6, 6.07) is -0.199. The summed E-state index contributed by atoms with van der Waals surface area (Å²) >= 11 is 0. The first kappa shape index (κ1) is 24.5. The Morgan fingerprint density at radius 3 is 0.968 bits per heavy atom. The largest absolute Gasteiger partial charge is 0.416 e. The molecule has 0 aromatic heterocycles. The molecule has 0 saturated heterocycles. The smallest absolute Gasteiger partial charge is 0.399 e. The van der Waals surface area contributed by atoms with Crippen LogP contribution in [0.2, 0.25) is 0 Å². The average Bonchev–Trinajstić information content (AvgIpc) is 2.50. The second-order valence-electron chi connectivity index (χ2n) is 6.35. The molecule has 0 unspecified atom stereocenters. The fourth-order valence-electron chi connectivity index (χ4n) is 3.16. The SMILES string of the molecule is Nc1ccc(C(F)(F)F)c(C(c2cc(N)ccc2C(F)(F)F)(C(F)(F)F)C(F)(F)F)c1. The van der Waals surface area contributed by atoms with E-state index in [0.717, 1.165) is 0 Å². The van der Waals surface area contributed by atoms with Gasteiger partial charge in [0.1, 0.15) is 0 Å². The van der Waals surface area contributed by atoms with Gasteiger partial charge in [-0.25, -0.2) is 0 Å². The number of nitrogen functional groups attached to an aromatic ring is 2. The molecule has 2 nitrogen and oxygen atoms in total. The fourth-order valence-corrected chi connectivity index (χ4v) is 3.16. The molecule has 0 saturated carbocycles. The Hall–Kier alpha value is -2.80. The number of hydrogen-bond acceptors (Lipinski definition) is 2. The van der Waals surface area contributed by atoms with Crippen molar-refractivity contribution in [1.29, 1.82) is 0 Å². The van der Waals surface area contributed by atoms with Crippen molar-refractivity contribution < 1.29 is 52.7 Å². The van der Waals surface area contributed by atoms with Gasteiger partial charge in [0.25, 0.3) is 0 Å². The van der Waals surface area contributed by atoms with Crippen LogP contribution in [0.1, 0.15) is 22.3 Å². The fraction of sp³-hybridized carbons (Fsp3) is 0.294. The van der Waals surface area contributed by atoms with Crippen molar-refractivity contribution in [2.75, 3.05) is 11.5 Å². The predicted molar refractivity (Wildman–Crippen MR) is 84.6 cm³/mol. The molecule has 0 atom stereocenters. The van der Waals surface area contributed by atoms with Crippen LogP contribution in [0.25, 0.3) is 0 Å². The van der Waals surface area contributed by atoms with E-state index < -0.39 is 63.7 Å². The number of nitrogens with two attached hydrogens (primary N) is 2. The van der Waals surface area contributed by atoms with Crippen molar-refractivity contribution in [1.82, 2.24) is 0 Å². The Kier molecular flexibility index (Phi) is 5.62. The highest BCUT2D eigenvalue weighted by Gasteiger charge is 2.75. The maximum absolute atomic E-state index is 14.1. The second kappa shape index (κ2) is 7.12. The van der Waals surface area contributed by atoms with Crippen molar-refractivity contribution in [2.45, 2.75) is 30.1 Å². The minimum absolute atomic E-state index is 0.170. The Balaban J connectivity index is 3.28. The molecule has 14 heteroatoms. The molecule has 2 aromatic rings. The Morgan fingerprint density at radius 2 is 0.742 bits per heavy atom. The number of rotatable bonds is 2. The van der Waals surface area contributed by atoms with Gasteiger partial charge in [0.15, 0.2) is 0 Å². The van der Waals surface area contributed by atoms with Crippen LogP contribution in [0.3, 0.4) is 0 Å². The third kappa shape index (κ3) is 4.06. The summed E-state index contributed by atoms with van der Waals surface area (Å²) < 4.78 is 165. The van der Waals surface area contributed by atoms with Gasteiger partial charge in [0, 0.05) is 11.4 Å².